The van der Waals surface area contributed by atoms with Gasteiger partial charge < -0.3 is 5.73 Å². The molecule has 0 aromatic heterocycles. The molecule has 0 aliphatic heterocycles. The normalized spacial score (nSPS) is 12.4. The van der Waals surface area contributed by atoms with Crippen LogP contribution in [0.5, 0.6) is 0 Å². The summed E-state index contributed by atoms with van der Waals surface area (Å²) in [6, 6.07) is 15.5. The SMILES string of the molecule is Cc1ccc(CC(N)CCc2ccccc2C)cc1C. The van der Waals surface area contributed by atoms with Crippen LogP contribution in [-0.4, -0.2) is 6.04 Å². The quantitative estimate of drug-likeness (QED) is 0.866. The van der Waals surface area contributed by atoms with Crippen molar-refractivity contribution in [2.75, 3.05) is 0 Å². The van der Waals surface area contributed by atoms with E-state index >= 15 is 0 Å². The highest BCUT2D eigenvalue weighted by atomic mass is 14.6. The number of rotatable bonds is 5. The van der Waals surface area contributed by atoms with Crippen LogP contribution in [0.25, 0.3) is 0 Å². The minimum atomic E-state index is 0.233. The fraction of sp³-hybridized carbons (Fsp3) is 0.368. The second-order valence-electron chi connectivity index (χ2n) is 5.85. The summed E-state index contributed by atoms with van der Waals surface area (Å²) in [5.41, 5.74) is 13.1. The van der Waals surface area contributed by atoms with Crippen molar-refractivity contribution in [2.24, 2.45) is 5.73 Å². The Morgan fingerprint density at radius 3 is 2.35 bits per heavy atom. The van der Waals surface area contributed by atoms with Gasteiger partial charge in [0.1, 0.15) is 0 Å². The van der Waals surface area contributed by atoms with Crippen LogP contribution in [0.3, 0.4) is 0 Å². The van der Waals surface area contributed by atoms with Crippen molar-refractivity contribution in [1.29, 1.82) is 0 Å². The van der Waals surface area contributed by atoms with Gasteiger partial charge in [0, 0.05) is 6.04 Å². The Balaban J connectivity index is 1.91. The molecule has 106 valence electrons. The first kappa shape index (κ1) is 14.8. The summed E-state index contributed by atoms with van der Waals surface area (Å²) in [7, 11) is 0. The van der Waals surface area contributed by atoms with Crippen molar-refractivity contribution in [2.45, 2.75) is 46.1 Å². The van der Waals surface area contributed by atoms with Gasteiger partial charge in [-0.3, -0.25) is 0 Å². The molecule has 0 saturated carbocycles. The summed E-state index contributed by atoms with van der Waals surface area (Å²) in [5.74, 6) is 0. The Bertz CT molecular complexity index is 572. The fourth-order valence-corrected chi connectivity index (χ4v) is 2.57. The Hall–Kier alpha value is -1.60. The van der Waals surface area contributed by atoms with Gasteiger partial charge in [-0.15, -0.1) is 0 Å². The van der Waals surface area contributed by atoms with Gasteiger partial charge in [-0.2, -0.15) is 0 Å². The van der Waals surface area contributed by atoms with Crippen molar-refractivity contribution in [1.82, 2.24) is 0 Å². The van der Waals surface area contributed by atoms with Gasteiger partial charge in [0.25, 0.3) is 0 Å². The molecule has 0 aliphatic rings. The lowest BCUT2D eigenvalue weighted by Crippen LogP contribution is -2.23. The van der Waals surface area contributed by atoms with E-state index in [1.165, 1.54) is 27.8 Å². The van der Waals surface area contributed by atoms with Gasteiger partial charge in [-0.1, -0.05) is 42.5 Å². The van der Waals surface area contributed by atoms with Crippen LogP contribution in [0.15, 0.2) is 42.5 Å². The van der Waals surface area contributed by atoms with E-state index in [0.717, 1.165) is 19.3 Å². The topological polar surface area (TPSA) is 26.0 Å². The molecule has 0 heterocycles. The molecule has 0 aliphatic carbocycles. The zero-order valence-electron chi connectivity index (χ0n) is 12.8. The van der Waals surface area contributed by atoms with E-state index in [9.17, 15) is 0 Å². The second kappa shape index (κ2) is 6.71. The average Bonchev–Trinajstić information content (AvgIpc) is 2.42. The van der Waals surface area contributed by atoms with E-state index in [1.54, 1.807) is 0 Å². The van der Waals surface area contributed by atoms with E-state index in [1.807, 2.05) is 0 Å². The first-order valence-electron chi connectivity index (χ1n) is 7.42. The van der Waals surface area contributed by atoms with Crippen LogP contribution in [0.1, 0.15) is 34.2 Å². The Labute approximate surface area is 122 Å². The third-order valence-electron chi connectivity index (χ3n) is 4.11. The summed E-state index contributed by atoms with van der Waals surface area (Å²) in [4.78, 5) is 0. The minimum Gasteiger partial charge on any atom is -0.327 e. The molecule has 1 heteroatoms. The van der Waals surface area contributed by atoms with Gasteiger partial charge in [0.15, 0.2) is 0 Å². The summed E-state index contributed by atoms with van der Waals surface area (Å²) >= 11 is 0. The van der Waals surface area contributed by atoms with E-state index in [0.29, 0.717) is 0 Å². The monoisotopic (exact) mass is 267 g/mol. The predicted molar refractivity (Wildman–Crippen MR) is 87.1 cm³/mol. The first-order valence-corrected chi connectivity index (χ1v) is 7.42. The third kappa shape index (κ3) is 3.94. The molecule has 2 aromatic rings. The lowest BCUT2D eigenvalue weighted by Gasteiger charge is -2.13. The number of nitrogens with two attached hydrogens (primary N) is 1. The fourth-order valence-electron chi connectivity index (χ4n) is 2.57. The predicted octanol–water partition coefficient (Wildman–Crippen LogP) is 4.11. The molecule has 2 rings (SSSR count). The lowest BCUT2D eigenvalue weighted by atomic mass is 9.96. The largest absolute Gasteiger partial charge is 0.327 e. The molecule has 1 atom stereocenters. The maximum Gasteiger partial charge on any atom is 0.00824 e. The molecule has 0 bridgehead atoms. The highest BCUT2D eigenvalue weighted by Gasteiger charge is 2.06. The highest BCUT2D eigenvalue weighted by Crippen LogP contribution is 2.14. The summed E-state index contributed by atoms with van der Waals surface area (Å²) in [6.45, 7) is 6.49. The minimum absolute atomic E-state index is 0.233. The summed E-state index contributed by atoms with van der Waals surface area (Å²) in [5, 5.41) is 0. The van der Waals surface area contributed by atoms with Crippen LogP contribution < -0.4 is 5.73 Å². The molecule has 0 fully saturated rings. The van der Waals surface area contributed by atoms with Crippen LogP contribution in [0, 0.1) is 20.8 Å². The second-order valence-corrected chi connectivity index (χ2v) is 5.85. The zero-order valence-corrected chi connectivity index (χ0v) is 12.8. The van der Waals surface area contributed by atoms with Gasteiger partial charge in [0.05, 0.1) is 0 Å². The molecule has 1 nitrogen and oxygen atoms in total. The number of hydrogen-bond donors (Lipinski definition) is 1. The lowest BCUT2D eigenvalue weighted by molar-refractivity contribution is 0.609. The Morgan fingerprint density at radius 2 is 1.65 bits per heavy atom. The molecule has 2 aromatic carbocycles. The molecule has 2 N–H and O–H groups in total. The molecular formula is C19H25N. The summed E-state index contributed by atoms with van der Waals surface area (Å²) in [6.07, 6.45) is 3.07. The van der Waals surface area contributed by atoms with Crippen molar-refractivity contribution in [3.8, 4) is 0 Å². The zero-order chi connectivity index (χ0) is 14.5. The number of benzene rings is 2. The molecule has 0 spiro atoms. The standard InChI is InChI=1S/C19H25N/c1-14-8-9-17(12-16(14)3)13-19(20)11-10-18-7-5-4-6-15(18)2/h4-9,12,19H,10-11,13,20H2,1-3H3. The van der Waals surface area contributed by atoms with Gasteiger partial charge in [0.2, 0.25) is 0 Å². The van der Waals surface area contributed by atoms with Crippen molar-refractivity contribution in [3.05, 3.63) is 70.3 Å². The maximum atomic E-state index is 6.29. The van der Waals surface area contributed by atoms with Crippen LogP contribution in [-0.2, 0) is 12.8 Å². The maximum absolute atomic E-state index is 6.29. The Morgan fingerprint density at radius 1 is 0.900 bits per heavy atom. The van der Waals surface area contributed by atoms with E-state index in [4.69, 9.17) is 5.73 Å². The van der Waals surface area contributed by atoms with E-state index in [-0.39, 0.29) is 6.04 Å². The average molecular weight is 267 g/mol. The molecule has 0 saturated heterocycles. The molecule has 20 heavy (non-hydrogen) atoms. The molecule has 0 radical (unpaired) electrons. The van der Waals surface area contributed by atoms with Gasteiger partial charge in [-0.05, 0) is 67.9 Å². The highest BCUT2D eigenvalue weighted by molar-refractivity contribution is 5.30. The molecular weight excluding hydrogens is 242 g/mol. The first-order chi connectivity index (χ1) is 9.56. The van der Waals surface area contributed by atoms with E-state index in [2.05, 4.69) is 63.2 Å². The van der Waals surface area contributed by atoms with E-state index < -0.39 is 0 Å². The molecule has 1 unspecified atom stereocenters. The number of hydrogen-bond acceptors (Lipinski definition) is 1. The van der Waals surface area contributed by atoms with Gasteiger partial charge in [-0.25, -0.2) is 0 Å². The van der Waals surface area contributed by atoms with Gasteiger partial charge >= 0.3 is 0 Å². The van der Waals surface area contributed by atoms with Crippen LogP contribution in [0.4, 0.5) is 0 Å². The smallest absolute Gasteiger partial charge is 0.00824 e. The Kier molecular flexibility index (Phi) is 4.97. The van der Waals surface area contributed by atoms with Crippen molar-refractivity contribution >= 4 is 0 Å². The number of aryl methyl sites for hydroxylation is 4. The van der Waals surface area contributed by atoms with Crippen molar-refractivity contribution < 1.29 is 0 Å². The third-order valence-corrected chi connectivity index (χ3v) is 4.11. The molecule has 0 amide bonds. The van der Waals surface area contributed by atoms with Crippen LogP contribution in [0.2, 0.25) is 0 Å². The van der Waals surface area contributed by atoms with Crippen molar-refractivity contribution in [3.63, 3.8) is 0 Å². The summed E-state index contributed by atoms with van der Waals surface area (Å²) < 4.78 is 0. The van der Waals surface area contributed by atoms with Crippen LogP contribution >= 0.6 is 0 Å².